The highest BCUT2D eigenvalue weighted by atomic mass is 16.7. The number of hydrogen-bond acceptors (Lipinski definition) is 5. The van der Waals surface area contributed by atoms with Crippen LogP contribution in [-0.2, 0) is 19.2 Å². The summed E-state index contributed by atoms with van der Waals surface area (Å²) >= 11 is 0. The van der Waals surface area contributed by atoms with E-state index in [2.05, 4.69) is 4.84 Å². The van der Waals surface area contributed by atoms with Crippen molar-refractivity contribution in [1.29, 1.82) is 5.41 Å². The molecule has 1 aliphatic rings. The molecule has 0 unspecified atom stereocenters. The SMILES string of the molecule is CC(=N)C(=O)ON1C(=O)CCC1=O. The van der Waals surface area contributed by atoms with Crippen LogP contribution in [0.4, 0.5) is 0 Å². The maximum Gasteiger partial charge on any atom is 0.376 e. The Balaban J connectivity index is 2.63. The van der Waals surface area contributed by atoms with Crippen molar-refractivity contribution in [1.82, 2.24) is 5.06 Å². The number of imide groups is 1. The van der Waals surface area contributed by atoms with Gasteiger partial charge in [0, 0.05) is 12.8 Å². The molecule has 0 aromatic rings. The first-order valence-corrected chi connectivity index (χ1v) is 3.65. The van der Waals surface area contributed by atoms with E-state index in [0.717, 1.165) is 0 Å². The van der Waals surface area contributed by atoms with E-state index in [-0.39, 0.29) is 18.6 Å². The second kappa shape index (κ2) is 3.34. The minimum Gasteiger partial charge on any atom is -0.324 e. The van der Waals surface area contributed by atoms with E-state index >= 15 is 0 Å². The lowest BCUT2D eigenvalue weighted by atomic mass is 10.4. The second-order valence-corrected chi connectivity index (χ2v) is 2.59. The van der Waals surface area contributed by atoms with E-state index < -0.39 is 17.8 Å². The third-order valence-corrected chi connectivity index (χ3v) is 1.49. The maximum atomic E-state index is 10.9. The molecule has 0 radical (unpaired) electrons. The fourth-order valence-electron chi connectivity index (χ4n) is 0.809. The fraction of sp³-hybridized carbons (Fsp3) is 0.429. The molecule has 13 heavy (non-hydrogen) atoms. The molecule has 1 fully saturated rings. The van der Waals surface area contributed by atoms with E-state index in [1.54, 1.807) is 0 Å². The van der Waals surface area contributed by atoms with Gasteiger partial charge in [0.2, 0.25) is 0 Å². The Bertz CT molecular complexity index is 281. The van der Waals surface area contributed by atoms with Gasteiger partial charge in [-0.15, -0.1) is 5.06 Å². The maximum absolute atomic E-state index is 10.9. The van der Waals surface area contributed by atoms with Crippen LogP contribution in [0.15, 0.2) is 0 Å². The summed E-state index contributed by atoms with van der Waals surface area (Å²) in [6.07, 6.45) is 0.117. The van der Waals surface area contributed by atoms with Gasteiger partial charge in [-0.1, -0.05) is 0 Å². The van der Waals surface area contributed by atoms with Crippen molar-refractivity contribution in [2.75, 3.05) is 0 Å². The predicted octanol–water partition coefficient (Wildman–Crippen LogP) is -0.367. The van der Waals surface area contributed by atoms with E-state index in [9.17, 15) is 14.4 Å². The lowest BCUT2D eigenvalue weighted by molar-refractivity contribution is -0.192. The highest BCUT2D eigenvalue weighted by Gasteiger charge is 2.33. The standard InChI is InChI=1S/C7H8N2O4/c1-4(8)7(12)13-9-5(10)2-3-6(9)11/h8H,2-3H2,1H3. The molecule has 6 heteroatoms. The van der Waals surface area contributed by atoms with Crippen LogP contribution >= 0.6 is 0 Å². The zero-order valence-electron chi connectivity index (χ0n) is 6.99. The number of nitrogens with one attached hydrogen (secondary N) is 1. The van der Waals surface area contributed by atoms with Crippen molar-refractivity contribution in [2.45, 2.75) is 19.8 Å². The molecule has 1 heterocycles. The molecule has 2 amide bonds. The molecule has 1 aliphatic heterocycles. The van der Waals surface area contributed by atoms with Gasteiger partial charge in [0.25, 0.3) is 11.8 Å². The average Bonchev–Trinajstić information content (AvgIpc) is 2.35. The Kier molecular flexibility index (Phi) is 2.41. The summed E-state index contributed by atoms with van der Waals surface area (Å²) in [5.41, 5.74) is -0.354. The molecule has 0 aromatic heterocycles. The summed E-state index contributed by atoms with van der Waals surface area (Å²) in [5, 5.41) is 7.29. The van der Waals surface area contributed by atoms with Crippen molar-refractivity contribution in [3.8, 4) is 0 Å². The monoisotopic (exact) mass is 184 g/mol. The summed E-state index contributed by atoms with van der Waals surface area (Å²) in [6, 6.07) is 0. The highest BCUT2D eigenvalue weighted by molar-refractivity contribution is 6.34. The molecule has 0 bridgehead atoms. The van der Waals surface area contributed by atoms with Gasteiger partial charge in [-0.05, 0) is 6.92 Å². The molecular weight excluding hydrogens is 176 g/mol. The van der Waals surface area contributed by atoms with Gasteiger partial charge in [0.05, 0.1) is 0 Å². The second-order valence-electron chi connectivity index (χ2n) is 2.59. The Morgan fingerprint density at radius 3 is 2.23 bits per heavy atom. The van der Waals surface area contributed by atoms with Crippen LogP contribution < -0.4 is 0 Å². The molecule has 1 saturated heterocycles. The van der Waals surface area contributed by atoms with Crippen molar-refractivity contribution in [3.63, 3.8) is 0 Å². The number of carbonyl (C=O) groups excluding carboxylic acids is 3. The Morgan fingerprint density at radius 1 is 1.38 bits per heavy atom. The van der Waals surface area contributed by atoms with Crippen molar-refractivity contribution < 1.29 is 19.2 Å². The van der Waals surface area contributed by atoms with Gasteiger partial charge in [-0.3, -0.25) is 15.0 Å². The summed E-state index contributed by atoms with van der Waals surface area (Å²) in [4.78, 5) is 37.0. The van der Waals surface area contributed by atoms with Gasteiger partial charge in [0.15, 0.2) is 0 Å². The normalized spacial score (nSPS) is 16.2. The van der Waals surface area contributed by atoms with Gasteiger partial charge >= 0.3 is 5.97 Å². The average molecular weight is 184 g/mol. The number of nitrogens with zero attached hydrogens (tertiary/aromatic N) is 1. The molecule has 6 nitrogen and oxygen atoms in total. The molecule has 0 atom stereocenters. The van der Waals surface area contributed by atoms with Crippen LogP contribution in [0.2, 0.25) is 0 Å². The lowest BCUT2D eigenvalue weighted by Crippen LogP contribution is -2.33. The first-order valence-electron chi connectivity index (χ1n) is 3.65. The van der Waals surface area contributed by atoms with Gasteiger partial charge < -0.3 is 4.84 Å². The summed E-state index contributed by atoms with van der Waals surface area (Å²) < 4.78 is 0. The van der Waals surface area contributed by atoms with Crippen LogP contribution in [0.25, 0.3) is 0 Å². The summed E-state index contributed by atoms with van der Waals surface area (Å²) in [6.45, 7) is 1.22. The van der Waals surface area contributed by atoms with E-state index in [1.807, 2.05) is 0 Å². The minimum absolute atomic E-state index is 0.0587. The van der Waals surface area contributed by atoms with Gasteiger partial charge in [-0.25, -0.2) is 4.79 Å². The first-order chi connectivity index (χ1) is 6.02. The van der Waals surface area contributed by atoms with Crippen LogP contribution in [0.3, 0.4) is 0 Å². The quantitative estimate of drug-likeness (QED) is 0.468. The third-order valence-electron chi connectivity index (χ3n) is 1.49. The molecule has 0 aromatic carbocycles. The van der Waals surface area contributed by atoms with E-state index in [4.69, 9.17) is 5.41 Å². The number of rotatable bonds is 2. The lowest BCUT2D eigenvalue weighted by Gasteiger charge is -2.11. The molecule has 0 aliphatic carbocycles. The Morgan fingerprint density at radius 2 is 1.85 bits per heavy atom. The third kappa shape index (κ3) is 1.90. The Hall–Kier alpha value is -1.72. The van der Waals surface area contributed by atoms with Crippen LogP contribution in [0.1, 0.15) is 19.8 Å². The van der Waals surface area contributed by atoms with Crippen LogP contribution in [-0.4, -0.2) is 28.6 Å². The topological polar surface area (TPSA) is 87.5 Å². The summed E-state index contributed by atoms with van der Waals surface area (Å²) in [5.74, 6) is -2.07. The van der Waals surface area contributed by atoms with Crippen molar-refractivity contribution in [3.05, 3.63) is 0 Å². The smallest absolute Gasteiger partial charge is 0.324 e. The summed E-state index contributed by atoms with van der Waals surface area (Å²) in [7, 11) is 0. The number of hydroxylamine groups is 2. The van der Waals surface area contributed by atoms with E-state index in [0.29, 0.717) is 5.06 Å². The minimum atomic E-state index is -0.983. The van der Waals surface area contributed by atoms with Gasteiger partial charge in [-0.2, -0.15) is 0 Å². The zero-order chi connectivity index (χ0) is 10.0. The molecule has 0 spiro atoms. The molecular formula is C7H8N2O4. The molecule has 1 N–H and O–H groups in total. The highest BCUT2D eigenvalue weighted by Crippen LogP contribution is 2.11. The first kappa shape index (κ1) is 9.37. The van der Waals surface area contributed by atoms with Crippen LogP contribution in [0.5, 0.6) is 0 Å². The molecule has 70 valence electrons. The van der Waals surface area contributed by atoms with Gasteiger partial charge in [0.1, 0.15) is 5.71 Å². The number of amides is 2. The fourth-order valence-corrected chi connectivity index (χ4v) is 0.809. The van der Waals surface area contributed by atoms with Crippen LogP contribution in [0, 0.1) is 5.41 Å². The Labute approximate surface area is 73.9 Å². The molecule has 0 saturated carbocycles. The molecule has 1 rings (SSSR count). The predicted molar refractivity (Wildman–Crippen MR) is 40.6 cm³/mol. The van der Waals surface area contributed by atoms with Crippen molar-refractivity contribution in [2.24, 2.45) is 0 Å². The number of hydrogen-bond donors (Lipinski definition) is 1. The number of carbonyl (C=O) groups is 3. The van der Waals surface area contributed by atoms with Crippen molar-refractivity contribution >= 4 is 23.5 Å². The zero-order valence-corrected chi connectivity index (χ0v) is 6.99. The van der Waals surface area contributed by atoms with E-state index in [1.165, 1.54) is 6.92 Å². The largest absolute Gasteiger partial charge is 0.376 e.